The summed E-state index contributed by atoms with van der Waals surface area (Å²) in [6.45, 7) is 8.58. The van der Waals surface area contributed by atoms with Gasteiger partial charge >= 0.3 is 22.7 Å². The standard InChI is InChI=1S/C24H34N4O4.C4H8O2.2ClHO4.Co.H2O/c1-17(23(29)25-19-11-7-9-13-21(19)31-5)27(3)15-16-28(4)18(2)24(30)26-20-12-8-10-14-22(20)32-6;1-3-6-4(2)5;2*2-1(3,4)5;;/h7-14,17-18H,15-16H2,1-6H3,(H,25,29)(H,26,30);3H2,1-2H3;2*(H,2,3,4,5);;1H2/q;;;;+2;/p-1/t17-,18-;;;;;/m0...../s1. The van der Waals surface area contributed by atoms with Crippen molar-refractivity contribution in [2.75, 3.05) is 58.6 Å². The summed E-state index contributed by atoms with van der Waals surface area (Å²) < 4.78 is 82.9. The summed E-state index contributed by atoms with van der Waals surface area (Å²) >= 11 is 0. The average molecular weight is 808 g/mol. The zero-order valence-electron chi connectivity index (χ0n) is 28.7. The minimum absolute atomic E-state index is 0. The fraction of sp³-hybridized carbons (Fsp3) is 0.464. The number of nitrogens with zero attached hydrogens (tertiary/aromatic N) is 2. The van der Waals surface area contributed by atoms with Crippen LogP contribution in [-0.2, 0) is 41.4 Å². The number of hydrogen-bond donors (Lipinski definition) is 2. The molecule has 0 aliphatic carbocycles. The van der Waals surface area contributed by atoms with Gasteiger partial charge in [-0.15, -0.1) is 20.5 Å². The second kappa shape index (κ2) is 27.8. The van der Waals surface area contributed by atoms with Crippen molar-refractivity contribution in [1.82, 2.24) is 9.80 Å². The summed E-state index contributed by atoms with van der Waals surface area (Å²) in [5.74, 6) is 0.774. The smallest absolute Gasteiger partial charge is 0.495 e. The predicted molar refractivity (Wildman–Crippen MR) is 155 cm³/mol. The van der Waals surface area contributed by atoms with Crippen molar-refractivity contribution in [3.63, 3.8) is 0 Å². The first kappa shape index (κ1) is 53.9. The van der Waals surface area contributed by atoms with Crippen molar-refractivity contribution in [3.05, 3.63) is 48.5 Å². The zero-order chi connectivity index (χ0) is 37.7. The van der Waals surface area contributed by atoms with Crippen molar-refractivity contribution in [2.45, 2.75) is 39.8 Å². The Balaban J connectivity index is -0.000000489. The van der Waals surface area contributed by atoms with Crippen LogP contribution in [0.3, 0.4) is 0 Å². The molecule has 0 fully saturated rings. The molecule has 0 saturated carbocycles. The van der Waals surface area contributed by atoms with Crippen LogP contribution in [0.5, 0.6) is 11.5 Å². The van der Waals surface area contributed by atoms with Crippen LogP contribution in [0.25, 0.3) is 0 Å². The number of hydrogen-bond acceptors (Lipinski definition) is 16. The van der Waals surface area contributed by atoms with Gasteiger partial charge in [0.05, 0.1) is 44.3 Å². The molecule has 2 atom stereocenters. The summed E-state index contributed by atoms with van der Waals surface area (Å²) in [5.41, 5.74) is 1.28. The topological polar surface area (TPSA) is 327 Å². The Kier molecular flexibility index (Phi) is 29.9. The maximum Gasteiger partial charge on any atom is 2.00 e. The number of rotatable bonds is 12. The number of benzene rings is 2. The molecular weight excluding hydrogens is 762 g/mol. The van der Waals surface area contributed by atoms with E-state index in [-0.39, 0.29) is 52.1 Å². The van der Waals surface area contributed by atoms with Crippen LogP contribution in [-0.4, -0.2) is 87.7 Å². The maximum atomic E-state index is 12.7. The second-order valence-electron chi connectivity index (χ2n) is 9.37. The van der Waals surface area contributed by atoms with Crippen molar-refractivity contribution in [2.24, 2.45) is 0 Å². The molecule has 0 spiro atoms. The molecule has 50 heavy (non-hydrogen) atoms. The van der Waals surface area contributed by atoms with Crippen LogP contribution in [0.1, 0.15) is 27.7 Å². The van der Waals surface area contributed by atoms with Gasteiger partial charge in [-0.3, -0.25) is 24.2 Å². The number of amides is 2. The van der Waals surface area contributed by atoms with Crippen molar-refractivity contribution >= 4 is 29.2 Å². The van der Waals surface area contributed by atoms with Gasteiger partial charge in [0.25, 0.3) is 0 Å². The Hall–Kier alpha value is -2.90. The molecule has 0 unspecified atom stereocenters. The molecule has 0 aliphatic rings. The summed E-state index contributed by atoms with van der Waals surface area (Å²) in [7, 11) is -2.97. The van der Waals surface area contributed by atoms with E-state index in [1.807, 2.05) is 62.0 Å². The van der Waals surface area contributed by atoms with Gasteiger partial charge in [0.2, 0.25) is 11.8 Å². The Morgan fingerprint density at radius 3 is 1.20 bits per heavy atom. The van der Waals surface area contributed by atoms with E-state index >= 15 is 0 Å². The Morgan fingerprint density at radius 1 is 0.700 bits per heavy atom. The van der Waals surface area contributed by atoms with Gasteiger partial charge in [0.15, 0.2) is 0 Å². The van der Waals surface area contributed by atoms with Crippen LogP contribution in [0.15, 0.2) is 48.5 Å². The summed E-state index contributed by atoms with van der Waals surface area (Å²) in [4.78, 5) is 39.1. The minimum Gasteiger partial charge on any atom is -0.495 e. The number of nitrogens with one attached hydrogen (secondary N) is 2. The molecule has 19 nitrogen and oxygen atoms in total. The molecule has 0 bridgehead atoms. The number of ether oxygens (including phenoxy) is 3. The average Bonchev–Trinajstić information content (AvgIpc) is 2.97. The number of likely N-dealkylation sites (N-methyl/N-ethyl adjacent to an activating group) is 2. The summed E-state index contributed by atoms with van der Waals surface area (Å²) in [5, 5.41) is 5.83. The Bertz CT molecular complexity index is 1140. The van der Waals surface area contributed by atoms with E-state index in [0.29, 0.717) is 42.6 Å². The number of anilines is 2. The van der Waals surface area contributed by atoms with E-state index in [2.05, 4.69) is 15.4 Å². The van der Waals surface area contributed by atoms with Crippen LogP contribution in [0, 0.1) is 20.5 Å². The predicted octanol–water partition coefficient (Wildman–Crippen LogP) is -6.95. The maximum absolute atomic E-state index is 12.7. The first-order valence-electron chi connectivity index (χ1n) is 13.7. The fourth-order valence-corrected chi connectivity index (χ4v) is 3.28. The molecule has 22 heteroatoms. The molecule has 0 aliphatic heterocycles. The van der Waals surface area contributed by atoms with E-state index in [4.69, 9.17) is 46.7 Å². The number of carbonyl (C=O) groups is 3. The molecule has 2 rings (SSSR count). The molecule has 1 radical (unpaired) electrons. The Morgan fingerprint density at radius 2 is 0.980 bits per heavy atom. The largest absolute Gasteiger partial charge is 2.00 e. The number of para-hydroxylation sites is 4. The van der Waals surface area contributed by atoms with E-state index in [1.54, 1.807) is 45.4 Å². The summed E-state index contributed by atoms with van der Waals surface area (Å²) in [6.07, 6.45) is 0. The van der Waals surface area contributed by atoms with E-state index in [0.717, 1.165) is 0 Å². The molecule has 0 saturated heterocycles. The first-order valence-corrected chi connectivity index (χ1v) is 16.2. The molecule has 0 aromatic heterocycles. The fourth-order valence-electron chi connectivity index (χ4n) is 3.28. The van der Waals surface area contributed by atoms with Gasteiger partial charge in [0, 0.05) is 20.0 Å². The van der Waals surface area contributed by atoms with Gasteiger partial charge in [0.1, 0.15) is 11.5 Å². The van der Waals surface area contributed by atoms with Gasteiger partial charge in [-0.25, -0.2) is 37.3 Å². The monoisotopic (exact) mass is 806 g/mol. The quantitative estimate of drug-likeness (QED) is 0.149. The molecule has 289 valence electrons. The number of halogens is 2. The van der Waals surface area contributed by atoms with Gasteiger partial charge in [-0.05, 0) is 59.1 Å². The third kappa shape index (κ3) is 28.9. The number of carbonyl (C=O) groups excluding carboxylic acids is 3. The molecular formula is C28H45Cl2CoN4O15+. The third-order valence-corrected chi connectivity index (χ3v) is 5.96. The Labute approximate surface area is 305 Å². The van der Waals surface area contributed by atoms with Gasteiger partial charge in [-0.2, -0.15) is 0 Å². The number of esters is 1. The minimum atomic E-state index is -4.94. The van der Waals surface area contributed by atoms with Crippen molar-refractivity contribution in [1.29, 1.82) is 0 Å². The van der Waals surface area contributed by atoms with Crippen LogP contribution < -0.4 is 57.4 Å². The van der Waals surface area contributed by atoms with Crippen molar-refractivity contribution < 1.29 is 109 Å². The van der Waals surface area contributed by atoms with E-state index < -0.39 is 20.5 Å². The second-order valence-corrected chi connectivity index (χ2v) is 10.9. The third-order valence-electron chi connectivity index (χ3n) is 5.96. The van der Waals surface area contributed by atoms with E-state index in [1.165, 1.54) is 6.92 Å². The molecule has 2 aromatic rings. The molecule has 5 N–H and O–H groups in total. The molecule has 2 amide bonds. The van der Waals surface area contributed by atoms with Gasteiger partial charge in [-0.1, -0.05) is 24.3 Å². The SMILES string of the molecule is CCOC(C)=O.COc1ccccc1NC(=O)[C@H](C)N(C)CCN(C)[C@@H](C)C(=O)Nc1ccccc1OC.[Co+2].[O-][Cl+3]([O-])([O-])[O-].[O-][Cl+3]([O-])([O-])[O-].[OH3+]. The van der Waals surface area contributed by atoms with Crippen LogP contribution >= 0.6 is 0 Å². The zero-order valence-corrected chi connectivity index (χ0v) is 31.2. The molecule has 0 heterocycles. The number of methoxy groups -OCH3 is 2. The first-order chi connectivity index (χ1) is 22.0. The van der Waals surface area contributed by atoms with Crippen LogP contribution in [0.2, 0.25) is 0 Å². The van der Waals surface area contributed by atoms with E-state index in [9.17, 15) is 14.4 Å². The summed E-state index contributed by atoms with van der Waals surface area (Å²) in [6, 6.07) is 13.9. The van der Waals surface area contributed by atoms with Crippen LogP contribution in [0.4, 0.5) is 11.4 Å². The normalized spacial score (nSPS) is 11.6. The molecule has 2 aromatic carbocycles. The van der Waals surface area contributed by atoms with Gasteiger partial charge < -0.3 is 30.3 Å². The van der Waals surface area contributed by atoms with Crippen molar-refractivity contribution in [3.8, 4) is 11.5 Å².